The van der Waals surface area contributed by atoms with Crippen molar-refractivity contribution in [3.63, 3.8) is 0 Å². The Labute approximate surface area is 183 Å². The summed E-state index contributed by atoms with van der Waals surface area (Å²) < 4.78 is 0.688. The highest BCUT2D eigenvalue weighted by molar-refractivity contribution is 9.10. The van der Waals surface area contributed by atoms with Gasteiger partial charge in [0.15, 0.2) is 0 Å². The number of hydrogen-bond donors (Lipinski definition) is 0. The Bertz CT molecular complexity index is 1110. The number of carbonyl (C=O) groups is 3. The number of benzene rings is 3. The fraction of sp³-hybridized carbons (Fsp3) is 0.125. The molecule has 30 heavy (non-hydrogen) atoms. The zero-order valence-corrected chi connectivity index (χ0v) is 17.9. The SMILES string of the molecule is Cc1ccc(N(CCN2C(=O)c3ccccc3C2=O)C(=O)c2ccccc2Br)cc1. The number of nitrogens with zero attached hydrogens (tertiary/aromatic N) is 2. The summed E-state index contributed by atoms with van der Waals surface area (Å²) in [6, 6.07) is 21.6. The quantitative estimate of drug-likeness (QED) is 0.516. The summed E-state index contributed by atoms with van der Waals surface area (Å²) in [7, 11) is 0. The van der Waals surface area contributed by atoms with Crippen molar-refractivity contribution in [3.8, 4) is 0 Å². The largest absolute Gasteiger partial charge is 0.307 e. The van der Waals surface area contributed by atoms with Gasteiger partial charge in [-0.05, 0) is 59.3 Å². The number of imide groups is 1. The van der Waals surface area contributed by atoms with Gasteiger partial charge >= 0.3 is 0 Å². The molecular formula is C24H19BrN2O3. The minimum Gasteiger partial charge on any atom is -0.307 e. The van der Waals surface area contributed by atoms with E-state index in [1.54, 1.807) is 41.3 Å². The summed E-state index contributed by atoms with van der Waals surface area (Å²) in [6.45, 7) is 2.27. The molecule has 3 amide bonds. The molecule has 0 aromatic heterocycles. The average Bonchev–Trinajstić information content (AvgIpc) is 3.00. The highest BCUT2D eigenvalue weighted by Crippen LogP contribution is 2.25. The predicted octanol–water partition coefficient (Wildman–Crippen LogP) is 4.70. The van der Waals surface area contributed by atoms with Crippen LogP contribution in [0.5, 0.6) is 0 Å². The summed E-state index contributed by atoms with van der Waals surface area (Å²) in [4.78, 5) is 41.5. The van der Waals surface area contributed by atoms with Gasteiger partial charge in [0.25, 0.3) is 17.7 Å². The number of anilines is 1. The molecule has 0 N–H and O–H groups in total. The highest BCUT2D eigenvalue weighted by Gasteiger charge is 2.35. The van der Waals surface area contributed by atoms with E-state index in [9.17, 15) is 14.4 Å². The normalized spacial score (nSPS) is 12.8. The first kappa shape index (κ1) is 20.0. The van der Waals surface area contributed by atoms with Crippen molar-refractivity contribution in [2.24, 2.45) is 0 Å². The molecule has 0 unspecified atom stereocenters. The molecule has 0 spiro atoms. The summed E-state index contributed by atoms with van der Waals surface area (Å²) in [6.07, 6.45) is 0. The van der Waals surface area contributed by atoms with Crippen LogP contribution in [-0.2, 0) is 0 Å². The molecule has 0 saturated heterocycles. The molecule has 0 radical (unpaired) electrons. The highest BCUT2D eigenvalue weighted by atomic mass is 79.9. The molecule has 0 saturated carbocycles. The van der Waals surface area contributed by atoms with Crippen LogP contribution in [0.2, 0.25) is 0 Å². The van der Waals surface area contributed by atoms with Crippen molar-refractivity contribution >= 4 is 39.3 Å². The van der Waals surface area contributed by atoms with E-state index in [-0.39, 0.29) is 30.8 Å². The van der Waals surface area contributed by atoms with E-state index in [1.807, 2.05) is 43.3 Å². The second-order valence-corrected chi connectivity index (χ2v) is 7.93. The molecular weight excluding hydrogens is 444 g/mol. The fourth-order valence-electron chi connectivity index (χ4n) is 3.49. The monoisotopic (exact) mass is 462 g/mol. The fourth-order valence-corrected chi connectivity index (χ4v) is 3.95. The Kier molecular flexibility index (Phi) is 5.50. The first-order valence-electron chi connectivity index (χ1n) is 9.55. The van der Waals surface area contributed by atoms with Gasteiger partial charge in [-0.1, -0.05) is 42.0 Å². The first-order valence-corrected chi connectivity index (χ1v) is 10.3. The van der Waals surface area contributed by atoms with Gasteiger partial charge in [-0.15, -0.1) is 0 Å². The standard InChI is InChI=1S/C24H19BrN2O3/c1-16-10-12-17(13-11-16)26(24(30)20-8-4-5-9-21(20)25)14-15-27-22(28)18-6-2-3-7-19(18)23(27)29/h2-13H,14-15H2,1H3. The molecule has 5 nitrogen and oxygen atoms in total. The molecule has 3 aromatic rings. The third-order valence-corrected chi connectivity index (χ3v) is 5.81. The average molecular weight is 463 g/mol. The van der Waals surface area contributed by atoms with E-state index in [4.69, 9.17) is 0 Å². The molecule has 1 heterocycles. The van der Waals surface area contributed by atoms with Crippen LogP contribution in [-0.4, -0.2) is 35.7 Å². The van der Waals surface area contributed by atoms with Gasteiger partial charge in [-0.3, -0.25) is 19.3 Å². The second kappa shape index (κ2) is 8.24. The zero-order chi connectivity index (χ0) is 21.3. The summed E-state index contributed by atoms with van der Waals surface area (Å²) >= 11 is 3.44. The minimum absolute atomic E-state index is 0.108. The molecule has 0 aliphatic carbocycles. The van der Waals surface area contributed by atoms with Crippen LogP contribution >= 0.6 is 15.9 Å². The molecule has 6 heteroatoms. The number of amides is 3. The van der Waals surface area contributed by atoms with Gasteiger partial charge in [0, 0.05) is 23.2 Å². The molecule has 0 atom stereocenters. The molecule has 4 rings (SSSR count). The van der Waals surface area contributed by atoms with E-state index >= 15 is 0 Å². The van der Waals surface area contributed by atoms with Gasteiger partial charge in [-0.25, -0.2) is 0 Å². The summed E-state index contributed by atoms with van der Waals surface area (Å²) in [5.41, 5.74) is 3.11. The van der Waals surface area contributed by atoms with E-state index in [0.29, 0.717) is 26.9 Å². The van der Waals surface area contributed by atoms with Crippen molar-refractivity contribution in [1.29, 1.82) is 0 Å². The van der Waals surface area contributed by atoms with Crippen molar-refractivity contribution < 1.29 is 14.4 Å². The van der Waals surface area contributed by atoms with Crippen LogP contribution in [0.25, 0.3) is 0 Å². The van der Waals surface area contributed by atoms with E-state index in [2.05, 4.69) is 15.9 Å². The van der Waals surface area contributed by atoms with Gasteiger partial charge in [0.05, 0.1) is 16.7 Å². The molecule has 0 fully saturated rings. The Hall–Kier alpha value is -3.25. The van der Waals surface area contributed by atoms with Gasteiger partial charge in [0.2, 0.25) is 0 Å². The molecule has 3 aromatic carbocycles. The Morgan fingerprint density at radius 2 is 1.43 bits per heavy atom. The molecule has 0 bridgehead atoms. The summed E-state index contributed by atoms with van der Waals surface area (Å²) in [5.74, 6) is -0.858. The lowest BCUT2D eigenvalue weighted by Gasteiger charge is -2.26. The van der Waals surface area contributed by atoms with Crippen LogP contribution in [0.3, 0.4) is 0 Å². The smallest absolute Gasteiger partial charge is 0.261 e. The molecule has 1 aliphatic heterocycles. The van der Waals surface area contributed by atoms with Crippen LogP contribution in [0.1, 0.15) is 36.6 Å². The maximum absolute atomic E-state index is 13.3. The van der Waals surface area contributed by atoms with Crippen molar-refractivity contribution in [3.05, 3.63) is 99.5 Å². The lowest BCUT2D eigenvalue weighted by molar-refractivity contribution is 0.0654. The minimum atomic E-state index is -0.326. The number of carbonyl (C=O) groups excluding carboxylic acids is 3. The third kappa shape index (κ3) is 3.66. The number of aryl methyl sites for hydroxylation is 1. The Balaban J connectivity index is 1.62. The van der Waals surface area contributed by atoms with Crippen LogP contribution in [0.15, 0.2) is 77.3 Å². The molecule has 150 valence electrons. The number of halogens is 1. The Morgan fingerprint density at radius 3 is 2.03 bits per heavy atom. The van der Waals surface area contributed by atoms with E-state index < -0.39 is 0 Å². The Morgan fingerprint density at radius 1 is 0.867 bits per heavy atom. The van der Waals surface area contributed by atoms with Gasteiger partial charge in [0.1, 0.15) is 0 Å². The zero-order valence-electron chi connectivity index (χ0n) is 16.3. The third-order valence-electron chi connectivity index (χ3n) is 5.12. The first-order chi connectivity index (χ1) is 14.5. The van der Waals surface area contributed by atoms with Crippen LogP contribution in [0, 0.1) is 6.92 Å². The lowest BCUT2D eigenvalue weighted by atomic mass is 10.1. The van der Waals surface area contributed by atoms with E-state index in [0.717, 1.165) is 5.56 Å². The van der Waals surface area contributed by atoms with Crippen LogP contribution in [0.4, 0.5) is 5.69 Å². The van der Waals surface area contributed by atoms with E-state index in [1.165, 1.54) is 4.90 Å². The number of hydrogen-bond acceptors (Lipinski definition) is 3. The molecule has 1 aliphatic rings. The lowest BCUT2D eigenvalue weighted by Crippen LogP contribution is -2.41. The van der Waals surface area contributed by atoms with Gasteiger partial charge < -0.3 is 4.90 Å². The topological polar surface area (TPSA) is 57.7 Å². The summed E-state index contributed by atoms with van der Waals surface area (Å²) in [5, 5.41) is 0. The maximum Gasteiger partial charge on any atom is 0.261 e. The van der Waals surface area contributed by atoms with Crippen molar-refractivity contribution in [2.45, 2.75) is 6.92 Å². The van der Waals surface area contributed by atoms with Crippen molar-refractivity contribution in [2.75, 3.05) is 18.0 Å². The van der Waals surface area contributed by atoms with Crippen LogP contribution < -0.4 is 4.90 Å². The van der Waals surface area contributed by atoms with Gasteiger partial charge in [-0.2, -0.15) is 0 Å². The van der Waals surface area contributed by atoms with Crippen molar-refractivity contribution in [1.82, 2.24) is 4.90 Å². The second-order valence-electron chi connectivity index (χ2n) is 7.08. The number of fused-ring (bicyclic) bond motifs is 1. The predicted molar refractivity (Wildman–Crippen MR) is 119 cm³/mol. The number of rotatable bonds is 5. The maximum atomic E-state index is 13.3.